The second-order valence-electron chi connectivity index (χ2n) is 5.19. The molecule has 1 aliphatic rings. The lowest BCUT2D eigenvalue weighted by molar-refractivity contribution is -0.143. The van der Waals surface area contributed by atoms with E-state index in [-0.39, 0.29) is 5.91 Å². The zero-order chi connectivity index (χ0) is 14.1. The quantitative estimate of drug-likeness (QED) is 0.908. The molecule has 5 heteroatoms. The Labute approximate surface area is 116 Å². The lowest BCUT2D eigenvalue weighted by atomic mass is 9.98. The summed E-state index contributed by atoms with van der Waals surface area (Å²) in [5, 5.41) is 9.08. The number of carbonyl (C=O) groups is 2. The molecule has 2 aromatic heterocycles. The summed E-state index contributed by atoms with van der Waals surface area (Å²) in [6.07, 6.45) is 5.08. The van der Waals surface area contributed by atoms with Crippen LogP contribution in [-0.4, -0.2) is 39.4 Å². The molecule has 1 aliphatic heterocycles. The summed E-state index contributed by atoms with van der Waals surface area (Å²) in [4.78, 5) is 25.2. The lowest BCUT2D eigenvalue weighted by Crippen LogP contribution is -2.42. The highest BCUT2D eigenvalue weighted by molar-refractivity contribution is 5.96. The molecule has 0 unspecified atom stereocenters. The highest BCUT2D eigenvalue weighted by Crippen LogP contribution is 2.20. The van der Waals surface area contributed by atoms with Crippen LogP contribution in [0.15, 0.2) is 36.7 Å². The molecule has 0 aromatic carbocycles. The van der Waals surface area contributed by atoms with Gasteiger partial charge in [-0.25, -0.2) is 0 Å². The van der Waals surface area contributed by atoms with E-state index >= 15 is 0 Å². The molecular weight excluding hydrogens is 256 g/mol. The molecule has 0 saturated carbocycles. The smallest absolute Gasteiger partial charge is 0.308 e. The molecular formula is C15H16N2O3. The van der Waals surface area contributed by atoms with E-state index in [0.717, 1.165) is 11.9 Å². The van der Waals surface area contributed by atoms with Gasteiger partial charge in [-0.2, -0.15) is 0 Å². The average molecular weight is 272 g/mol. The van der Waals surface area contributed by atoms with Gasteiger partial charge in [-0.3, -0.25) is 9.59 Å². The minimum Gasteiger partial charge on any atom is -0.481 e. The summed E-state index contributed by atoms with van der Waals surface area (Å²) in [5.41, 5.74) is 1.57. The first kappa shape index (κ1) is 12.7. The Hall–Kier alpha value is -2.30. The largest absolute Gasteiger partial charge is 0.481 e. The van der Waals surface area contributed by atoms with Crippen LogP contribution < -0.4 is 0 Å². The summed E-state index contributed by atoms with van der Waals surface area (Å²) >= 11 is 0. The number of carboxylic acid groups (broad SMARTS) is 1. The fraction of sp³-hybridized carbons (Fsp3) is 0.333. The molecule has 0 aliphatic carbocycles. The zero-order valence-corrected chi connectivity index (χ0v) is 11.0. The number of aliphatic carboxylic acids is 1. The molecule has 0 radical (unpaired) electrons. The first-order chi connectivity index (χ1) is 9.65. The number of pyridine rings is 1. The molecule has 1 N–H and O–H groups in total. The van der Waals surface area contributed by atoms with Gasteiger partial charge in [0.1, 0.15) is 0 Å². The molecule has 0 bridgehead atoms. The van der Waals surface area contributed by atoms with Crippen LogP contribution in [0.1, 0.15) is 23.2 Å². The van der Waals surface area contributed by atoms with E-state index in [1.165, 1.54) is 0 Å². The number of hydrogen-bond acceptors (Lipinski definition) is 2. The van der Waals surface area contributed by atoms with Crippen LogP contribution in [0.2, 0.25) is 0 Å². The number of hydrogen-bond donors (Lipinski definition) is 1. The number of rotatable bonds is 2. The third-order valence-electron chi connectivity index (χ3n) is 3.81. The molecule has 1 saturated heterocycles. The molecule has 5 nitrogen and oxygen atoms in total. The topological polar surface area (TPSA) is 62.0 Å². The van der Waals surface area contributed by atoms with Crippen molar-refractivity contribution in [2.24, 2.45) is 5.92 Å². The monoisotopic (exact) mass is 272 g/mol. The van der Waals surface area contributed by atoms with Crippen molar-refractivity contribution in [1.82, 2.24) is 9.30 Å². The maximum absolute atomic E-state index is 12.5. The van der Waals surface area contributed by atoms with Gasteiger partial charge >= 0.3 is 5.97 Å². The first-order valence-corrected chi connectivity index (χ1v) is 6.74. The summed E-state index contributed by atoms with van der Waals surface area (Å²) in [6.45, 7) is 0.940. The summed E-state index contributed by atoms with van der Waals surface area (Å²) in [5.74, 6) is -1.34. The number of carboxylic acids is 1. The van der Waals surface area contributed by atoms with Crippen molar-refractivity contribution >= 4 is 17.4 Å². The number of nitrogens with zero attached hydrogens (tertiary/aromatic N) is 2. The van der Waals surface area contributed by atoms with Gasteiger partial charge in [0.25, 0.3) is 5.91 Å². The Bertz CT molecular complexity index is 629. The van der Waals surface area contributed by atoms with Gasteiger partial charge in [-0.15, -0.1) is 0 Å². The second kappa shape index (κ2) is 5.00. The Kier molecular flexibility index (Phi) is 3.18. The molecule has 3 heterocycles. The van der Waals surface area contributed by atoms with Crippen LogP contribution >= 0.6 is 0 Å². The van der Waals surface area contributed by atoms with Crippen molar-refractivity contribution in [3.05, 3.63) is 42.2 Å². The Balaban J connectivity index is 1.82. The number of fused-ring (bicyclic) bond motifs is 1. The average Bonchev–Trinajstić information content (AvgIpc) is 2.90. The van der Waals surface area contributed by atoms with Gasteiger partial charge in [0, 0.05) is 31.0 Å². The van der Waals surface area contributed by atoms with Gasteiger partial charge in [-0.05, 0) is 31.0 Å². The summed E-state index contributed by atoms with van der Waals surface area (Å²) in [6, 6.07) is 7.60. The van der Waals surface area contributed by atoms with E-state index in [4.69, 9.17) is 5.11 Å². The Morgan fingerprint density at radius 2 is 2.15 bits per heavy atom. The standard InChI is InChI=1S/C15H16N2O3/c18-14(17-7-3-4-11(9-17)15(19)20)12-8-13-5-1-2-6-16(13)10-12/h1-2,5-6,8,10-11H,3-4,7,9H2,(H,19,20)/t11-/m0/s1. The van der Waals surface area contributed by atoms with Crippen LogP contribution in [0.4, 0.5) is 0 Å². The SMILES string of the molecule is O=C(O)[C@H]1CCCN(C(=O)c2cc3ccccn3c2)C1. The molecule has 1 amide bonds. The van der Waals surface area contributed by atoms with Crippen LogP contribution in [0.3, 0.4) is 0 Å². The molecule has 1 fully saturated rings. The van der Waals surface area contributed by atoms with Crippen LogP contribution in [0.5, 0.6) is 0 Å². The number of piperidine rings is 1. The minimum absolute atomic E-state index is 0.0837. The minimum atomic E-state index is -0.815. The third kappa shape index (κ3) is 2.27. The molecule has 0 spiro atoms. The second-order valence-corrected chi connectivity index (χ2v) is 5.19. The molecule has 1 atom stereocenters. The first-order valence-electron chi connectivity index (χ1n) is 6.74. The van der Waals surface area contributed by atoms with E-state index < -0.39 is 11.9 Å². The molecule has 3 rings (SSSR count). The van der Waals surface area contributed by atoms with Crippen LogP contribution in [0.25, 0.3) is 5.52 Å². The van der Waals surface area contributed by atoms with E-state index in [2.05, 4.69) is 0 Å². The van der Waals surface area contributed by atoms with Crippen molar-refractivity contribution in [2.75, 3.05) is 13.1 Å². The highest BCUT2D eigenvalue weighted by Gasteiger charge is 2.28. The van der Waals surface area contributed by atoms with Gasteiger partial charge in [0.15, 0.2) is 0 Å². The summed E-state index contributed by atoms with van der Waals surface area (Å²) in [7, 11) is 0. The van der Waals surface area contributed by atoms with E-state index in [1.54, 1.807) is 11.1 Å². The van der Waals surface area contributed by atoms with E-state index in [1.807, 2.05) is 34.9 Å². The normalized spacial score (nSPS) is 19.2. The molecule has 104 valence electrons. The van der Waals surface area contributed by atoms with Crippen molar-refractivity contribution in [3.63, 3.8) is 0 Å². The number of carbonyl (C=O) groups excluding carboxylic acids is 1. The Morgan fingerprint density at radius 3 is 2.90 bits per heavy atom. The maximum atomic E-state index is 12.5. The van der Waals surface area contributed by atoms with Crippen molar-refractivity contribution in [3.8, 4) is 0 Å². The number of amides is 1. The highest BCUT2D eigenvalue weighted by atomic mass is 16.4. The number of likely N-dealkylation sites (tertiary alicyclic amines) is 1. The molecule has 20 heavy (non-hydrogen) atoms. The zero-order valence-electron chi connectivity index (χ0n) is 11.0. The Morgan fingerprint density at radius 1 is 1.30 bits per heavy atom. The fourth-order valence-electron chi connectivity index (χ4n) is 2.72. The van der Waals surface area contributed by atoms with Crippen LogP contribution in [-0.2, 0) is 4.79 Å². The van der Waals surface area contributed by atoms with Crippen molar-refractivity contribution in [2.45, 2.75) is 12.8 Å². The molecule has 2 aromatic rings. The number of aromatic nitrogens is 1. The predicted molar refractivity (Wildman–Crippen MR) is 73.7 cm³/mol. The third-order valence-corrected chi connectivity index (χ3v) is 3.81. The van der Waals surface area contributed by atoms with Gasteiger partial charge in [0.05, 0.1) is 11.5 Å². The van der Waals surface area contributed by atoms with E-state index in [9.17, 15) is 9.59 Å². The fourth-order valence-corrected chi connectivity index (χ4v) is 2.72. The van der Waals surface area contributed by atoms with Gasteiger partial charge < -0.3 is 14.4 Å². The van der Waals surface area contributed by atoms with E-state index in [0.29, 0.717) is 25.1 Å². The lowest BCUT2D eigenvalue weighted by Gasteiger charge is -2.30. The summed E-state index contributed by atoms with van der Waals surface area (Å²) < 4.78 is 1.89. The maximum Gasteiger partial charge on any atom is 0.308 e. The van der Waals surface area contributed by atoms with Crippen molar-refractivity contribution < 1.29 is 14.7 Å². The van der Waals surface area contributed by atoms with Gasteiger partial charge in [0.2, 0.25) is 0 Å². The van der Waals surface area contributed by atoms with Gasteiger partial charge in [-0.1, -0.05) is 6.07 Å². The predicted octanol–water partition coefficient (Wildman–Crippen LogP) is 1.88. The van der Waals surface area contributed by atoms with Crippen molar-refractivity contribution in [1.29, 1.82) is 0 Å². The van der Waals surface area contributed by atoms with Crippen LogP contribution in [0, 0.1) is 5.92 Å².